The van der Waals surface area contributed by atoms with Gasteiger partial charge >= 0.3 is 5.82 Å². The number of hydrogen-bond acceptors (Lipinski definition) is 5. The van der Waals surface area contributed by atoms with Gasteiger partial charge in [0.05, 0.1) is 5.88 Å². The van der Waals surface area contributed by atoms with Gasteiger partial charge in [-0.05, 0) is 6.92 Å². The molecule has 0 bridgehead atoms. The van der Waals surface area contributed by atoms with Crippen molar-refractivity contribution in [3.63, 3.8) is 0 Å². The van der Waals surface area contributed by atoms with Crippen molar-refractivity contribution in [2.24, 2.45) is 0 Å². The highest BCUT2D eigenvalue weighted by Crippen LogP contribution is 2.06. The molecule has 1 aromatic rings. The second-order valence-electron chi connectivity index (χ2n) is 2.29. The summed E-state index contributed by atoms with van der Waals surface area (Å²) >= 11 is 5.35. The Balaban J connectivity index is 0.000000165. The first-order valence-corrected chi connectivity index (χ1v) is 4.31. The highest BCUT2D eigenvalue weighted by atomic mass is 35.5. The molecule has 5 nitrogen and oxygen atoms in total. The lowest BCUT2D eigenvalue weighted by molar-refractivity contribution is 0.0920. The van der Waals surface area contributed by atoms with Crippen molar-refractivity contribution < 1.29 is 18.3 Å². The molecule has 1 aliphatic heterocycles. The summed E-state index contributed by atoms with van der Waals surface area (Å²) < 4.78 is 18.1. The zero-order chi connectivity index (χ0) is 10.4. The van der Waals surface area contributed by atoms with Gasteiger partial charge in [-0.2, -0.15) is 0 Å². The van der Waals surface area contributed by atoms with Crippen molar-refractivity contribution in [2.75, 3.05) is 6.79 Å². The van der Waals surface area contributed by atoms with E-state index in [9.17, 15) is 4.79 Å². The normalized spacial score (nSPS) is 12.7. The van der Waals surface area contributed by atoms with Gasteiger partial charge in [-0.3, -0.25) is 0 Å². The second-order valence-corrected chi connectivity index (χ2v) is 2.56. The largest absolute Gasteiger partial charge is 0.519 e. The Morgan fingerprint density at radius 2 is 2.00 bits per heavy atom. The standard InChI is InChI=1S/C5H5ClO3.C3H4O2/c1-3-4(2-6)9-5(7)8-3;1-2-5-3-4-1/h2H2,1H3;1-2H,3H2. The monoisotopic (exact) mass is 220 g/mol. The highest BCUT2D eigenvalue weighted by Gasteiger charge is 2.04. The Morgan fingerprint density at radius 3 is 2.21 bits per heavy atom. The predicted molar refractivity (Wildman–Crippen MR) is 47.7 cm³/mol. The van der Waals surface area contributed by atoms with Crippen LogP contribution in [0.5, 0.6) is 0 Å². The maximum atomic E-state index is 10.3. The number of ether oxygens (including phenoxy) is 2. The van der Waals surface area contributed by atoms with Crippen molar-refractivity contribution in [1.82, 2.24) is 0 Å². The number of halogens is 1. The maximum Gasteiger partial charge on any atom is 0.519 e. The Bertz CT molecular complexity index is 345. The van der Waals surface area contributed by atoms with E-state index in [1.54, 1.807) is 6.92 Å². The Hall–Kier alpha value is -1.36. The molecule has 0 fully saturated rings. The minimum atomic E-state index is -0.692. The molecule has 1 aromatic heterocycles. The molecular formula is C8H9ClO5. The lowest BCUT2D eigenvalue weighted by atomic mass is 10.4. The Labute approximate surface area is 84.9 Å². The van der Waals surface area contributed by atoms with E-state index in [1.165, 1.54) is 12.5 Å². The molecule has 1 aliphatic rings. The first-order valence-electron chi connectivity index (χ1n) is 3.77. The molecule has 2 rings (SSSR count). The molecule has 0 aromatic carbocycles. The molecular weight excluding hydrogens is 212 g/mol. The summed E-state index contributed by atoms with van der Waals surface area (Å²) in [6.45, 7) is 2.02. The van der Waals surface area contributed by atoms with E-state index < -0.39 is 5.82 Å². The fourth-order valence-corrected chi connectivity index (χ4v) is 0.936. The predicted octanol–water partition coefficient (Wildman–Crippen LogP) is 1.74. The average molecular weight is 221 g/mol. The minimum absolute atomic E-state index is 0.178. The van der Waals surface area contributed by atoms with Gasteiger partial charge in [0.2, 0.25) is 6.79 Å². The molecule has 0 saturated heterocycles. The molecule has 0 atom stereocenters. The number of aryl methyl sites for hydroxylation is 1. The van der Waals surface area contributed by atoms with Crippen molar-refractivity contribution in [3.05, 3.63) is 34.7 Å². The van der Waals surface area contributed by atoms with Gasteiger partial charge in [0.15, 0.2) is 5.76 Å². The third-order valence-electron chi connectivity index (χ3n) is 1.34. The van der Waals surface area contributed by atoms with Gasteiger partial charge in [0.1, 0.15) is 18.3 Å². The lowest BCUT2D eigenvalue weighted by Crippen LogP contribution is -1.85. The summed E-state index contributed by atoms with van der Waals surface area (Å²) in [5, 5.41) is 0. The van der Waals surface area contributed by atoms with Crippen molar-refractivity contribution in [1.29, 1.82) is 0 Å². The van der Waals surface area contributed by atoms with Gasteiger partial charge in [0, 0.05) is 0 Å². The molecule has 0 saturated carbocycles. The van der Waals surface area contributed by atoms with E-state index in [2.05, 4.69) is 18.3 Å². The molecule has 14 heavy (non-hydrogen) atoms. The molecule has 0 N–H and O–H groups in total. The Morgan fingerprint density at radius 1 is 1.36 bits per heavy atom. The zero-order valence-corrected chi connectivity index (χ0v) is 8.24. The summed E-state index contributed by atoms with van der Waals surface area (Å²) in [6, 6.07) is 0. The van der Waals surface area contributed by atoms with E-state index in [-0.39, 0.29) is 5.88 Å². The summed E-state index contributed by atoms with van der Waals surface area (Å²) in [4.78, 5) is 10.3. The smallest absolute Gasteiger partial charge is 0.462 e. The summed E-state index contributed by atoms with van der Waals surface area (Å²) in [5.74, 6) is 0.345. The van der Waals surface area contributed by atoms with Crippen LogP contribution in [-0.2, 0) is 15.4 Å². The van der Waals surface area contributed by atoms with Crippen LogP contribution in [-0.4, -0.2) is 6.79 Å². The van der Waals surface area contributed by atoms with Crippen LogP contribution in [0.15, 0.2) is 26.2 Å². The van der Waals surface area contributed by atoms with Crippen LogP contribution < -0.4 is 5.82 Å². The van der Waals surface area contributed by atoms with Gasteiger partial charge in [0.25, 0.3) is 0 Å². The second kappa shape index (κ2) is 5.39. The van der Waals surface area contributed by atoms with Crippen molar-refractivity contribution in [3.8, 4) is 0 Å². The van der Waals surface area contributed by atoms with Crippen LogP contribution in [0.1, 0.15) is 11.5 Å². The van der Waals surface area contributed by atoms with E-state index in [0.29, 0.717) is 18.3 Å². The summed E-state index contributed by atoms with van der Waals surface area (Å²) in [5.41, 5.74) is 0. The molecule has 0 amide bonds. The van der Waals surface area contributed by atoms with Crippen LogP contribution in [0.3, 0.4) is 0 Å². The molecule has 0 radical (unpaired) electrons. The van der Waals surface area contributed by atoms with E-state index in [4.69, 9.17) is 11.6 Å². The SMILES string of the molecule is C1=COCO1.Cc1oc(=O)oc1CCl. The topological polar surface area (TPSA) is 61.8 Å². The third kappa shape index (κ3) is 3.18. The van der Waals surface area contributed by atoms with Gasteiger partial charge < -0.3 is 18.3 Å². The molecule has 78 valence electrons. The van der Waals surface area contributed by atoms with Crippen LogP contribution in [0.2, 0.25) is 0 Å². The first-order chi connectivity index (χ1) is 6.74. The molecule has 0 aliphatic carbocycles. The fourth-order valence-electron chi connectivity index (χ4n) is 0.693. The van der Waals surface area contributed by atoms with E-state index >= 15 is 0 Å². The minimum Gasteiger partial charge on any atom is -0.462 e. The molecule has 2 heterocycles. The summed E-state index contributed by atoms with van der Waals surface area (Å²) in [7, 11) is 0. The average Bonchev–Trinajstić information content (AvgIpc) is 2.77. The first kappa shape index (κ1) is 10.7. The Kier molecular flexibility index (Phi) is 4.12. The highest BCUT2D eigenvalue weighted by molar-refractivity contribution is 6.16. The molecule has 0 unspecified atom stereocenters. The molecule has 6 heteroatoms. The number of alkyl halides is 1. The fraction of sp³-hybridized carbons (Fsp3) is 0.375. The van der Waals surface area contributed by atoms with Crippen LogP contribution >= 0.6 is 11.6 Å². The van der Waals surface area contributed by atoms with E-state index in [1.807, 2.05) is 0 Å². The van der Waals surface area contributed by atoms with Crippen LogP contribution in [0, 0.1) is 6.92 Å². The van der Waals surface area contributed by atoms with Crippen LogP contribution in [0.25, 0.3) is 0 Å². The van der Waals surface area contributed by atoms with Gasteiger partial charge in [-0.15, -0.1) is 11.6 Å². The molecule has 0 spiro atoms. The van der Waals surface area contributed by atoms with Crippen molar-refractivity contribution in [2.45, 2.75) is 12.8 Å². The van der Waals surface area contributed by atoms with Gasteiger partial charge in [-0.25, -0.2) is 4.79 Å². The summed E-state index contributed by atoms with van der Waals surface area (Å²) in [6.07, 6.45) is 3.03. The number of hydrogen-bond donors (Lipinski definition) is 0. The quantitative estimate of drug-likeness (QED) is 0.675. The third-order valence-corrected chi connectivity index (χ3v) is 1.58. The van der Waals surface area contributed by atoms with Gasteiger partial charge in [-0.1, -0.05) is 0 Å². The maximum absolute atomic E-state index is 10.3. The van der Waals surface area contributed by atoms with E-state index in [0.717, 1.165) is 0 Å². The lowest BCUT2D eigenvalue weighted by Gasteiger charge is -1.82. The number of rotatable bonds is 1. The van der Waals surface area contributed by atoms with Crippen molar-refractivity contribution >= 4 is 11.6 Å². The zero-order valence-electron chi connectivity index (χ0n) is 7.49. The van der Waals surface area contributed by atoms with Crippen LogP contribution in [0.4, 0.5) is 0 Å².